The van der Waals surface area contributed by atoms with E-state index in [1.54, 1.807) is 0 Å². The van der Waals surface area contributed by atoms with Crippen molar-refractivity contribution in [3.05, 3.63) is 75.1 Å². The number of nitrogens with one attached hydrogen (secondary N) is 2. The number of phenolic OH excluding ortho intramolecular Hbond substituents is 1. The van der Waals surface area contributed by atoms with E-state index in [1.165, 1.54) is 18.6 Å². The summed E-state index contributed by atoms with van der Waals surface area (Å²) in [4.78, 5) is 31.5. The smallest absolute Gasteiger partial charge is 0.420 e. The third-order valence-electron chi connectivity index (χ3n) is 4.92. The Bertz CT molecular complexity index is 1590. The molecule has 0 spiro atoms. The number of aromatic nitrogens is 5. The molecule has 3 heterocycles. The van der Waals surface area contributed by atoms with Crippen LogP contribution in [-0.4, -0.2) is 36.0 Å². The Labute approximate surface area is 204 Å². The van der Waals surface area contributed by atoms with Crippen molar-refractivity contribution in [3.63, 3.8) is 0 Å². The number of aromatic amines is 1. The molecule has 14 heteroatoms. The molecule has 1 aromatic carbocycles. The zero-order chi connectivity index (χ0) is 26.2. The van der Waals surface area contributed by atoms with Gasteiger partial charge in [-0.25, -0.2) is 4.98 Å². The third-order valence-corrected chi connectivity index (χ3v) is 5.24. The number of carbonyl (C=O) groups excluding carboxylic acids is 1. The van der Waals surface area contributed by atoms with Gasteiger partial charge in [-0.05, 0) is 18.2 Å². The van der Waals surface area contributed by atoms with E-state index in [-0.39, 0.29) is 38.7 Å². The molecule has 0 saturated heterocycles. The summed E-state index contributed by atoms with van der Waals surface area (Å²) in [7, 11) is 0. The summed E-state index contributed by atoms with van der Waals surface area (Å²) in [5.41, 5.74) is 3.23. The summed E-state index contributed by atoms with van der Waals surface area (Å²) in [5, 5.41) is 19.9. The third kappa shape index (κ3) is 4.44. The topological polar surface area (TPSA) is 152 Å². The number of nitrogens with two attached hydrogens (primary N) is 1. The van der Waals surface area contributed by atoms with Gasteiger partial charge in [-0.1, -0.05) is 17.5 Å². The molecule has 0 bridgehead atoms. The van der Waals surface area contributed by atoms with E-state index >= 15 is 0 Å². The number of phenols is 1. The van der Waals surface area contributed by atoms with E-state index in [4.69, 9.17) is 23.8 Å². The number of halogens is 4. The van der Waals surface area contributed by atoms with Gasteiger partial charge in [0, 0.05) is 17.3 Å². The molecule has 0 atom stereocenters. The van der Waals surface area contributed by atoms with Gasteiger partial charge in [-0.15, -0.1) is 11.2 Å². The van der Waals surface area contributed by atoms with Crippen molar-refractivity contribution in [2.24, 2.45) is 0 Å². The molecule has 1 amide bonds. The Morgan fingerprint density at radius 3 is 2.58 bits per heavy atom. The van der Waals surface area contributed by atoms with Gasteiger partial charge in [-0.3, -0.25) is 9.59 Å². The van der Waals surface area contributed by atoms with Gasteiger partial charge in [0.05, 0.1) is 40.4 Å². The molecule has 0 radical (unpaired) electrons. The highest BCUT2D eigenvalue weighted by atomic mass is 35.5. The molecular weight excluding hydrogens is 503 g/mol. The summed E-state index contributed by atoms with van der Waals surface area (Å²) in [6.45, 7) is 0. The molecule has 3 aromatic heterocycles. The number of nitrogen functional groups attached to an aromatic ring is 1. The predicted molar refractivity (Wildman–Crippen MR) is 124 cm³/mol. The van der Waals surface area contributed by atoms with Gasteiger partial charge in [0.2, 0.25) is 0 Å². The first-order valence-electron chi connectivity index (χ1n) is 9.77. The quantitative estimate of drug-likeness (QED) is 0.304. The number of alkyl halides is 3. The van der Waals surface area contributed by atoms with Crippen molar-refractivity contribution in [1.29, 1.82) is 0 Å². The zero-order valence-electron chi connectivity index (χ0n) is 17.8. The highest BCUT2D eigenvalue weighted by molar-refractivity contribution is 6.35. The molecule has 182 valence electrons. The summed E-state index contributed by atoms with van der Waals surface area (Å²) < 4.78 is 40.8. The van der Waals surface area contributed by atoms with Crippen LogP contribution in [-0.2, 0) is 6.18 Å². The lowest BCUT2D eigenvalue weighted by Crippen LogP contribution is -2.17. The lowest BCUT2D eigenvalue weighted by Gasteiger charge is -2.15. The molecule has 0 aliphatic rings. The van der Waals surface area contributed by atoms with E-state index in [9.17, 15) is 27.9 Å². The number of H-pyrrole nitrogens is 1. The zero-order valence-corrected chi connectivity index (χ0v) is 18.5. The number of pyridine rings is 2. The number of nitrogens with zero attached hydrogens (tertiary/aromatic N) is 4. The Hall–Kier alpha value is -4.83. The minimum atomic E-state index is -4.84. The van der Waals surface area contributed by atoms with Crippen LogP contribution < -0.4 is 16.6 Å². The summed E-state index contributed by atoms with van der Waals surface area (Å²) >= 11 is 6.23. The summed E-state index contributed by atoms with van der Waals surface area (Å²) in [6.07, 6.45) is 5.16. The van der Waals surface area contributed by atoms with E-state index < -0.39 is 34.8 Å². The second kappa shape index (κ2) is 9.08. The number of terminal acetylenes is 1. The predicted octanol–water partition coefficient (Wildman–Crippen LogP) is 3.21. The van der Waals surface area contributed by atoms with E-state index in [0.29, 0.717) is 10.9 Å². The van der Waals surface area contributed by atoms with Crippen LogP contribution >= 0.6 is 11.6 Å². The van der Waals surface area contributed by atoms with E-state index in [0.717, 1.165) is 18.3 Å². The minimum absolute atomic E-state index is 0.0226. The Balaban J connectivity index is 1.71. The average Bonchev–Trinajstić information content (AvgIpc) is 3.36. The molecular formula is C22H13ClF3N7O3. The maximum Gasteiger partial charge on any atom is 0.420 e. The average molecular weight is 516 g/mol. The van der Waals surface area contributed by atoms with Crippen LogP contribution in [0.5, 0.6) is 5.75 Å². The number of benzene rings is 1. The molecule has 10 nitrogen and oxygen atoms in total. The molecule has 5 N–H and O–H groups in total. The van der Waals surface area contributed by atoms with Crippen molar-refractivity contribution in [3.8, 4) is 35.0 Å². The second-order valence-corrected chi connectivity index (χ2v) is 7.59. The lowest BCUT2D eigenvalue weighted by molar-refractivity contribution is -0.137. The van der Waals surface area contributed by atoms with Crippen molar-refractivity contribution >= 4 is 28.9 Å². The monoisotopic (exact) mass is 515 g/mol. The minimum Gasteiger partial charge on any atom is -0.507 e. The van der Waals surface area contributed by atoms with Gasteiger partial charge < -0.3 is 21.1 Å². The number of anilines is 2. The van der Waals surface area contributed by atoms with Crippen molar-refractivity contribution < 1.29 is 23.1 Å². The lowest BCUT2D eigenvalue weighted by atomic mass is 9.97. The highest BCUT2D eigenvalue weighted by Crippen LogP contribution is 2.38. The first-order chi connectivity index (χ1) is 17.0. The first kappa shape index (κ1) is 24.3. The molecule has 0 fully saturated rings. The molecule has 0 aliphatic carbocycles. The van der Waals surface area contributed by atoms with Crippen molar-refractivity contribution in [2.45, 2.75) is 6.18 Å². The van der Waals surface area contributed by atoms with Gasteiger partial charge in [0.15, 0.2) is 5.82 Å². The highest BCUT2D eigenvalue weighted by Gasteiger charge is 2.36. The van der Waals surface area contributed by atoms with Gasteiger partial charge in [0.1, 0.15) is 17.0 Å². The summed E-state index contributed by atoms with van der Waals surface area (Å²) in [5.74, 6) is 0.272. The number of hydrogen-bond acceptors (Lipinski definition) is 7. The largest absolute Gasteiger partial charge is 0.507 e. The SMILES string of the molecule is C#Cc1c[nH]c(=O)c(N)c1-c1cc(Cl)c(C(=O)Nc2cnc(-n3nccn3)c(C(F)(F)F)c2)cc1O. The number of hydrogen-bond donors (Lipinski definition) is 4. The Morgan fingerprint density at radius 2 is 1.94 bits per heavy atom. The maximum atomic E-state index is 13.6. The fraction of sp³-hybridized carbons (Fsp3) is 0.0455. The van der Waals surface area contributed by atoms with Crippen LogP contribution in [0.15, 0.2) is 47.8 Å². The van der Waals surface area contributed by atoms with Crippen LogP contribution in [0.25, 0.3) is 16.9 Å². The van der Waals surface area contributed by atoms with Gasteiger partial charge in [-0.2, -0.15) is 23.4 Å². The fourth-order valence-corrected chi connectivity index (χ4v) is 3.55. The fourth-order valence-electron chi connectivity index (χ4n) is 3.30. The van der Waals surface area contributed by atoms with Crippen LogP contribution in [0.4, 0.5) is 24.5 Å². The van der Waals surface area contributed by atoms with Crippen molar-refractivity contribution in [2.75, 3.05) is 11.1 Å². The normalized spacial score (nSPS) is 11.2. The molecule has 4 rings (SSSR count). The molecule has 4 aromatic rings. The van der Waals surface area contributed by atoms with Crippen LogP contribution in [0.1, 0.15) is 21.5 Å². The molecule has 0 unspecified atom stereocenters. The van der Waals surface area contributed by atoms with Gasteiger partial charge in [0.25, 0.3) is 11.5 Å². The van der Waals surface area contributed by atoms with Crippen LogP contribution in [0, 0.1) is 12.3 Å². The first-order valence-corrected chi connectivity index (χ1v) is 10.1. The standard InChI is InChI=1S/C22H13ClF3N7O3/c1-2-10-8-29-21(36)18(27)17(10)13-6-15(23)12(7-16(13)34)20(35)32-11-5-14(22(24,25)26)19(28-9-11)33-30-3-4-31-33/h1,3-9,34H,27H2,(H,29,36)(H,32,35). The Morgan fingerprint density at radius 1 is 1.25 bits per heavy atom. The number of amides is 1. The number of aromatic hydroxyl groups is 1. The van der Waals surface area contributed by atoms with Gasteiger partial charge >= 0.3 is 6.18 Å². The number of rotatable bonds is 4. The Kier molecular flexibility index (Phi) is 6.13. The summed E-state index contributed by atoms with van der Waals surface area (Å²) in [6, 6.07) is 2.78. The van der Waals surface area contributed by atoms with Crippen molar-refractivity contribution in [1.82, 2.24) is 25.0 Å². The molecule has 0 saturated carbocycles. The second-order valence-electron chi connectivity index (χ2n) is 7.18. The van der Waals surface area contributed by atoms with E-state index in [2.05, 4.69) is 31.4 Å². The number of carbonyl (C=O) groups is 1. The molecule has 36 heavy (non-hydrogen) atoms. The molecule has 0 aliphatic heterocycles. The maximum absolute atomic E-state index is 13.6. The van der Waals surface area contributed by atoms with E-state index in [1.807, 2.05) is 0 Å². The van der Waals surface area contributed by atoms with Crippen LogP contribution in [0.3, 0.4) is 0 Å². The van der Waals surface area contributed by atoms with Crippen LogP contribution in [0.2, 0.25) is 5.02 Å².